The van der Waals surface area contributed by atoms with E-state index < -0.39 is 0 Å². The molecule has 6 heteroatoms. The molecule has 1 heterocycles. The molecule has 0 bridgehead atoms. The Labute approximate surface area is 140 Å². The molecule has 0 radical (unpaired) electrons. The van der Waals surface area contributed by atoms with Crippen LogP contribution in [0.4, 0.5) is 0 Å². The van der Waals surface area contributed by atoms with Crippen LogP contribution in [0, 0.1) is 0 Å². The van der Waals surface area contributed by atoms with E-state index in [1.54, 1.807) is 0 Å². The first-order chi connectivity index (χ1) is 9.11. The molecular weight excluding hydrogens is 365 g/mol. The number of nitrogens with zero attached hydrogens (tertiary/aromatic N) is 4. The van der Waals surface area contributed by atoms with Crippen molar-refractivity contribution in [3.8, 4) is 0 Å². The molecule has 2 N–H and O–H groups in total. The van der Waals surface area contributed by atoms with E-state index in [9.17, 15) is 0 Å². The Kier molecular flexibility index (Phi) is 7.53. The Morgan fingerprint density at radius 1 is 1.30 bits per heavy atom. The van der Waals surface area contributed by atoms with Crippen LogP contribution in [-0.2, 0) is 0 Å². The summed E-state index contributed by atoms with van der Waals surface area (Å²) in [6.45, 7) is 11.2. The minimum Gasteiger partial charge on any atom is -0.370 e. The smallest absolute Gasteiger partial charge is 0.191 e. The first-order valence-electron chi connectivity index (χ1n) is 7.61. The molecule has 2 aliphatic rings. The van der Waals surface area contributed by atoms with Crippen LogP contribution in [0.3, 0.4) is 0 Å². The third kappa shape index (κ3) is 5.04. The zero-order valence-corrected chi connectivity index (χ0v) is 15.4. The van der Waals surface area contributed by atoms with E-state index in [2.05, 4.69) is 40.6 Å². The van der Waals surface area contributed by atoms with E-state index in [0.29, 0.717) is 18.0 Å². The Morgan fingerprint density at radius 2 is 1.90 bits per heavy atom. The van der Waals surface area contributed by atoms with E-state index in [0.717, 1.165) is 19.6 Å². The van der Waals surface area contributed by atoms with Crippen LogP contribution in [0.2, 0.25) is 0 Å². The lowest BCUT2D eigenvalue weighted by molar-refractivity contribution is 0.109. The molecule has 1 saturated carbocycles. The molecule has 0 spiro atoms. The first kappa shape index (κ1) is 18.0. The normalized spacial score (nSPS) is 23.2. The van der Waals surface area contributed by atoms with Crippen LogP contribution in [0.1, 0.15) is 26.7 Å². The third-order valence-corrected chi connectivity index (χ3v) is 4.45. The molecule has 5 nitrogen and oxygen atoms in total. The Hall–Kier alpha value is -0.0800. The third-order valence-electron chi connectivity index (χ3n) is 4.45. The van der Waals surface area contributed by atoms with Crippen molar-refractivity contribution in [1.82, 2.24) is 14.7 Å². The zero-order valence-electron chi connectivity index (χ0n) is 13.1. The summed E-state index contributed by atoms with van der Waals surface area (Å²) in [6.07, 6.45) is 2.53. The molecule has 0 amide bonds. The van der Waals surface area contributed by atoms with Gasteiger partial charge >= 0.3 is 0 Å². The van der Waals surface area contributed by atoms with Crippen molar-refractivity contribution in [3.05, 3.63) is 0 Å². The van der Waals surface area contributed by atoms with Gasteiger partial charge in [-0.25, -0.2) is 0 Å². The van der Waals surface area contributed by atoms with Crippen molar-refractivity contribution >= 4 is 29.9 Å². The van der Waals surface area contributed by atoms with Gasteiger partial charge in [0.15, 0.2) is 5.96 Å². The number of guanidine groups is 1. The van der Waals surface area contributed by atoms with Crippen molar-refractivity contribution in [1.29, 1.82) is 0 Å². The highest BCUT2D eigenvalue weighted by molar-refractivity contribution is 14.0. The maximum absolute atomic E-state index is 6.03. The molecule has 1 aliphatic carbocycles. The van der Waals surface area contributed by atoms with Gasteiger partial charge < -0.3 is 15.5 Å². The van der Waals surface area contributed by atoms with Crippen molar-refractivity contribution < 1.29 is 0 Å². The topological polar surface area (TPSA) is 48.1 Å². The van der Waals surface area contributed by atoms with Gasteiger partial charge in [-0.15, -0.1) is 24.0 Å². The fraction of sp³-hybridized carbons (Fsp3) is 0.929. The summed E-state index contributed by atoms with van der Waals surface area (Å²) < 4.78 is 0. The fourth-order valence-corrected chi connectivity index (χ4v) is 2.62. The van der Waals surface area contributed by atoms with Crippen LogP contribution < -0.4 is 5.73 Å². The number of hydrogen-bond acceptors (Lipinski definition) is 3. The Bertz CT molecular complexity index is 311. The predicted molar refractivity (Wildman–Crippen MR) is 95.8 cm³/mol. The highest BCUT2D eigenvalue weighted by Gasteiger charge is 2.27. The lowest BCUT2D eigenvalue weighted by Gasteiger charge is -2.37. The summed E-state index contributed by atoms with van der Waals surface area (Å²) in [4.78, 5) is 11.7. The molecule has 0 aromatic carbocycles. The van der Waals surface area contributed by atoms with Crippen LogP contribution >= 0.6 is 24.0 Å². The number of nitrogens with two attached hydrogens (primary N) is 1. The molecule has 2 rings (SSSR count). The summed E-state index contributed by atoms with van der Waals surface area (Å²) in [5, 5.41) is 0. The van der Waals surface area contributed by atoms with Crippen molar-refractivity contribution in [2.45, 2.75) is 38.8 Å². The second kappa shape index (κ2) is 8.38. The Morgan fingerprint density at radius 3 is 2.40 bits per heavy atom. The minimum atomic E-state index is 0. The zero-order chi connectivity index (χ0) is 13.8. The molecule has 0 aromatic rings. The SMILES string of the molecule is CCN1CCN(C(C)CN=C(N)N(C)C2CC2)CC1.I. The maximum Gasteiger partial charge on any atom is 0.191 e. The van der Waals surface area contributed by atoms with Gasteiger partial charge in [0.25, 0.3) is 0 Å². The second-order valence-electron chi connectivity index (χ2n) is 5.86. The van der Waals surface area contributed by atoms with E-state index in [1.165, 1.54) is 32.5 Å². The first-order valence-corrected chi connectivity index (χ1v) is 7.61. The van der Waals surface area contributed by atoms with Gasteiger partial charge in [0.2, 0.25) is 0 Å². The van der Waals surface area contributed by atoms with Gasteiger partial charge in [-0.1, -0.05) is 6.92 Å². The monoisotopic (exact) mass is 395 g/mol. The number of aliphatic imine (C=N–C) groups is 1. The molecular formula is C14H30IN5. The average molecular weight is 395 g/mol. The van der Waals surface area contributed by atoms with E-state index in [1.807, 2.05) is 0 Å². The molecule has 0 aromatic heterocycles. The number of likely N-dealkylation sites (N-methyl/N-ethyl adjacent to an activating group) is 1. The largest absolute Gasteiger partial charge is 0.370 e. The summed E-state index contributed by atoms with van der Waals surface area (Å²) in [5.41, 5.74) is 6.03. The van der Waals surface area contributed by atoms with Crippen LogP contribution in [0.5, 0.6) is 0 Å². The standard InChI is InChI=1S/C14H29N5.HI/c1-4-18-7-9-19(10-8-18)12(2)11-16-14(15)17(3)13-5-6-13;/h12-13H,4-11H2,1-3H3,(H2,15,16);1H. The molecule has 1 saturated heterocycles. The second-order valence-corrected chi connectivity index (χ2v) is 5.86. The van der Waals surface area contributed by atoms with Gasteiger partial charge in [0.05, 0.1) is 6.54 Å². The highest BCUT2D eigenvalue weighted by atomic mass is 127. The van der Waals surface area contributed by atoms with Crippen molar-refractivity contribution in [2.75, 3.05) is 46.3 Å². The predicted octanol–water partition coefficient (Wildman–Crippen LogP) is 1.04. The van der Waals surface area contributed by atoms with E-state index >= 15 is 0 Å². The summed E-state index contributed by atoms with van der Waals surface area (Å²) in [7, 11) is 2.06. The lowest BCUT2D eigenvalue weighted by Crippen LogP contribution is -2.50. The molecule has 1 aliphatic heterocycles. The van der Waals surface area contributed by atoms with Gasteiger partial charge in [-0.05, 0) is 26.3 Å². The minimum absolute atomic E-state index is 0. The number of halogens is 1. The van der Waals surface area contributed by atoms with Gasteiger partial charge in [-0.3, -0.25) is 9.89 Å². The van der Waals surface area contributed by atoms with Crippen molar-refractivity contribution in [3.63, 3.8) is 0 Å². The molecule has 1 atom stereocenters. The van der Waals surface area contributed by atoms with Gasteiger partial charge in [-0.2, -0.15) is 0 Å². The summed E-state index contributed by atoms with van der Waals surface area (Å²) in [6, 6.07) is 1.14. The van der Waals surface area contributed by atoms with Gasteiger partial charge in [0.1, 0.15) is 0 Å². The van der Waals surface area contributed by atoms with Crippen LogP contribution in [-0.4, -0.2) is 79.1 Å². The van der Waals surface area contributed by atoms with Crippen molar-refractivity contribution in [2.24, 2.45) is 10.7 Å². The highest BCUT2D eigenvalue weighted by Crippen LogP contribution is 2.24. The maximum atomic E-state index is 6.03. The van der Waals surface area contributed by atoms with E-state index in [-0.39, 0.29) is 24.0 Å². The Balaban J connectivity index is 0.00000200. The molecule has 2 fully saturated rings. The summed E-state index contributed by atoms with van der Waals surface area (Å²) >= 11 is 0. The number of rotatable bonds is 5. The van der Waals surface area contributed by atoms with Crippen LogP contribution in [0.15, 0.2) is 4.99 Å². The number of hydrogen-bond donors (Lipinski definition) is 1. The van der Waals surface area contributed by atoms with E-state index in [4.69, 9.17) is 5.73 Å². The van der Waals surface area contributed by atoms with Gasteiger partial charge in [0, 0.05) is 45.3 Å². The molecule has 20 heavy (non-hydrogen) atoms. The average Bonchev–Trinajstić information content (AvgIpc) is 3.28. The number of piperazine rings is 1. The quantitative estimate of drug-likeness (QED) is 0.430. The summed E-state index contributed by atoms with van der Waals surface area (Å²) in [5.74, 6) is 0.710. The molecule has 1 unspecified atom stereocenters. The molecule has 118 valence electrons. The fourth-order valence-electron chi connectivity index (χ4n) is 2.62. The van der Waals surface area contributed by atoms with Crippen LogP contribution in [0.25, 0.3) is 0 Å². The lowest BCUT2D eigenvalue weighted by atomic mass is 10.2.